The fourth-order valence-electron chi connectivity index (χ4n) is 6.16. The summed E-state index contributed by atoms with van der Waals surface area (Å²) in [6.45, 7) is 7.60. The number of amides is 5. The molecule has 0 bridgehead atoms. The van der Waals surface area contributed by atoms with Crippen molar-refractivity contribution in [3.8, 4) is 0 Å². The standard InChI is InChI=1S/C36H42N6O8S/c1-21(2)29(37)35(46)42(33(44)23-16-18-24(19-17-23)38-36(47)40-51(48,49)25-11-6-5-7-12-25)34(45)27-14-10-20-41(27)30(22(3)4)31(43)32-39-26-13-8-9-15-28(26)50-32/h5-9,11-13,15-19,21-22,27,29-31,43H,10,14,20,37H2,1-4H3,(H2,38,40,47)/t27-,29-,30-,31?/m0/s1. The zero-order valence-corrected chi connectivity index (χ0v) is 29.5. The molecule has 5 N–H and O–H groups in total. The molecule has 0 saturated carbocycles. The minimum Gasteiger partial charge on any atom is -0.438 e. The molecular weight excluding hydrogens is 676 g/mol. The lowest BCUT2D eigenvalue weighted by molar-refractivity contribution is -0.146. The topological polar surface area (TPSA) is 205 Å². The fraction of sp³-hybridized carbons (Fsp3) is 0.361. The molecule has 1 aliphatic heterocycles. The van der Waals surface area contributed by atoms with Crippen molar-refractivity contribution in [2.45, 2.75) is 69.7 Å². The lowest BCUT2D eigenvalue weighted by atomic mass is 9.95. The lowest BCUT2D eigenvalue weighted by Gasteiger charge is -2.38. The summed E-state index contributed by atoms with van der Waals surface area (Å²) in [5, 5.41) is 14.0. The van der Waals surface area contributed by atoms with Crippen LogP contribution >= 0.6 is 0 Å². The Kier molecular flexibility index (Phi) is 11.3. The van der Waals surface area contributed by atoms with Crippen molar-refractivity contribution in [1.82, 2.24) is 19.5 Å². The number of para-hydroxylation sites is 2. The third kappa shape index (κ3) is 8.17. The number of nitrogens with zero attached hydrogens (tertiary/aromatic N) is 3. The molecule has 4 atom stereocenters. The van der Waals surface area contributed by atoms with Crippen LogP contribution in [0.15, 0.2) is 88.2 Å². The van der Waals surface area contributed by atoms with Gasteiger partial charge in [0, 0.05) is 17.3 Å². The number of hydrogen-bond donors (Lipinski definition) is 4. The first-order chi connectivity index (χ1) is 24.2. The molecule has 4 aromatic rings. The van der Waals surface area contributed by atoms with Gasteiger partial charge in [0.25, 0.3) is 27.7 Å². The van der Waals surface area contributed by atoms with Crippen molar-refractivity contribution in [3.05, 3.63) is 90.3 Å². The van der Waals surface area contributed by atoms with E-state index in [9.17, 15) is 32.7 Å². The molecule has 1 saturated heterocycles. The van der Waals surface area contributed by atoms with Gasteiger partial charge < -0.3 is 20.6 Å². The molecule has 270 valence electrons. The van der Waals surface area contributed by atoms with Crippen LogP contribution in [0, 0.1) is 11.8 Å². The number of aliphatic hydroxyl groups excluding tert-OH is 1. The maximum Gasteiger partial charge on any atom is 0.333 e. The molecule has 14 nitrogen and oxygen atoms in total. The molecule has 5 amide bonds. The molecular formula is C36H42N6O8S. The summed E-state index contributed by atoms with van der Waals surface area (Å²) < 4.78 is 32.8. The van der Waals surface area contributed by atoms with Crippen LogP contribution in [0.1, 0.15) is 62.9 Å². The van der Waals surface area contributed by atoms with Crippen LogP contribution in [-0.4, -0.2) is 76.7 Å². The van der Waals surface area contributed by atoms with E-state index in [1.54, 1.807) is 49.1 Å². The normalized spacial score (nSPS) is 16.9. The summed E-state index contributed by atoms with van der Waals surface area (Å²) >= 11 is 0. The molecule has 1 fully saturated rings. The molecule has 2 heterocycles. The van der Waals surface area contributed by atoms with Crippen molar-refractivity contribution in [2.75, 3.05) is 11.9 Å². The van der Waals surface area contributed by atoms with Crippen LogP contribution < -0.4 is 15.8 Å². The lowest BCUT2D eigenvalue weighted by Crippen LogP contribution is -2.58. The smallest absolute Gasteiger partial charge is 0.333 e. The maximum atomic E-state index is 14.4. The quantitative estimate of drug-likeness (QED) is 0.163. The van der Waals surface area contributed by atoms with Gasteiger partial charge in [-0.25, -0.2) is 27.8 Å². The summed E-state index contributed by atoms with van der Waals surface area (Å²) in [4.78, 5) is 61.4. The van der Waals surface area contributed by atoms with Crippen LogP contribution in [0.3, 0.4) is 0 Å². The van der Waals surface area contributed by atoms with E-state index in [4.69, 9.17) is 10.2 Å². The largest absolute Gasteiger partial charge is 0.438 e. The van der Waals surface area contributed by atoms with E-state index in [0.29, 0.717) is 35.4 Å². The van der Waals surface area contributed by atoms with E-state index in [0.717, 1.165) is 0 Å². The van der Waals surface area contributed by atoms with Crippen molar-refractivity contribution in [1.29, 1.82) is 0 Å². The van der Waals surface area contributed by atoms with Gasteiger partial charge in [0.2, 0.25) is 5.89 Å². The van der Waals surface area contributed by atoms with E-state index in [-0.39, 0.29) is 28.0 Å². The van der Waals surface area contributed by atoms with E-state index in [1.807, 2.05) is 18.6 Å². The Morgan fingerprint density at radius 3 is 2.22 bits per heavy atom. The average molecular weight is 719 g/mol. The molecule has 1 unspecified atom stereocenters. The number of imide groups is 3. The van der Waals surface area contributed by atoms with Gasteiger partial charge in [-0.2, -0.15) is 0 Å². The number of carbonyl (C=O) groups is 4. The number of aromatic nitrogens is 1. The Bertz CT molecular complexity index is 1970. The van der Waals surface area contributed by atoms with E-state index >= 15 is 0 Å². The van der Waals surface area contributed by atoms with Crippen LogP contribution in [0.25, 0.3) is 11.1 Å². The third-order valence-corrected chi connectivity index (χ3v) is 10.2. The van der Waals surface area contributed by atoms with Gasteiger partial charge in [0.1, 0.15) is 11.6 Å². The molecule has 0 spiro atoms. The fourth-order valence-corrected chi connectivity index (χ4v) is 7.09. The minimum absolute atomic E-state index is 0.0491. The summed E-state index contributed by atoms with van der Waals surface area (Å²) in [5.74, 6) is -3.07. The number of nitrogens with two attached hydrogens (primary N) is 1. The van der Waals surface area contributed by atoms with Gasteiger partial charge in [-0.3, -0.25) is 19.3 Å². The van der Waals surface area contributed by atoms with E-state index < -0.39 is 63.9 Å². The van der Waals surface area contributed by atoms with Gasteiger partial charge in [-0.05, 0) is 79.8 Å². The summed E-state index contributed by atoms with van der Waals surface area (Å²) in [5.41, 5.74) is 7.39. The molecule has 1 aromatic heterocycles. The Morgan fingerprint density at radius 2 is 1.59 bits per heavy atom. The van der Waals surface area contributed by atoms with Crippen molar-refractivity contribution in [2.24, 2.45) is 17.6 Å². The summed E-state index contributed by atoms with van der Waals surface area (Å²) in [6, 6.07) is 15.9. The number of rotatable bonds is 11. The van der Waals surface area contributed by atoms with Crippen LogP contribution in [0.5, 0.6) is 0 Å². The highest BCUT2D eigenvalue weighted by molar-refractivity contribution is 7.90. The molecule has 5 rings (SSSR count). The van der Waals surface area contributed by atoms with Crippen LogP contribution in [-0.2, 0) is 19.6 Å². The van der Waals surface area contributed by atoms with E-state index in [1.165, 1.54) is 48.5 Å². The third-order valence-electron chi connectivity index (χ3n) is 8.85. The zero-order valence-electron chi connectivity index (χ0n) is 28.7. The SMILES string of the molecule is CC(C)[C@@H](C(O)c1nc2ccccc2o1)N1CCC[C@H]1C(=O)N(C(=O)c1ccc(NC(=O)NS(=O)(=O)c2ccccc2)cc1)C(=O)[C@@H](N)C(C)C. The summed E-state index contributed by atoms with van der Waals surface area (Å²) in [7, 11) is -4.14. The Labute approximate surface area is 296 Å². The number of carbonyl (C=O) groups excluding carboxylic acids is 4. The van der Waals surface area contributed by atoms with Gasteiger partial charge in [0.05, 0.1) is 17.0 Å². The van der Waals surface area contributed by atoms with Gasteiger partial charge >= 0.3 is 6.03 Å². The number of oxazole rings is 1. The number of nitrogens with one attached hydrogen (secondary N) is 2. The Hall–Kier alpha value is -4.96. The number of benzene rings is 3. The molecule has 3 aromatic carbocycles. The number of anilines is 1. The highest BCUT2D eigenvalue weighted by Gasteiger charge is 2.46. The highest BCUT2D eigenvalue weighted by atomic mass is 32.2. The zero-order chi connectivity index (χ0) is 37.0. The second-order valence-corrected chi connectivity index (χ2v) is 14.8. The van der Waals surface area contributed by atoms with Crippen molar-refractivity contribution >= 4 is 50.6 Å². The average Bonchev–Trinajstić information content (AvgIpc) is 3.76. The van der Waals surface area contributed by atoms with Crippen molar-refractivity contribution < 1.29 is 37.1 Å². The molecule has 51 heavy (non-hydrogen) atoms. The van der Waals surface area contributed by atoms with Gasteiger partial charge in [-0.15, -0.1) is 0 Å². The van der Waals surface area contributed by atoms with Crippen LogP contribution in [0.2, 0.25) is 0 Å². The number of urea groups is 1. The van der Waals surface area contributed by atoms with Gasteiger partial charge in [0.15, 0.2) is 5.58 Å². The highest BCUT2D eigenvalue weighted by Crippen LogP contribution is 2.34. The summed E-state index contributed by atoms with van der Waals surface area (Å²) in [6.07, 6.45) is -0.335. The molecule has 15 heteroatoms. The maximum absolute atomic E-state index is 14.4. The van der Waals surface area contributed by atoms with Crippen molar-refractivity contribution in [3.63, 3.8) is 0 Å². The second-order valence-electron chi connectivity index (χ2n) is 13.1. The first-order valence-corrected chi connectivity index (χ1v) is 18.1. The van der Waals surface area contributed by atoms with E-state index in [2.05, 4.69) is 10.3 Å². The number of sulfonamides is 1. The Morgan fingerprint density at radius 1 is 0.941 bits per heavy atom. The first kappa shape index (κ1) is 37.3. The molecule has 0 aliphatic carbocycles. The Balaban J connectivity index is 1.38. The minimum atomic E-state index is -4.14. The number of hydrogen-bond acceptors (Lipinski definition) is 11. The second kappa shape index (κ2) is 15.5. The monoisotopic (exact) mass is 718 g/mol. The predicted octanol–water partition coefficient (Wildman–Crippen LogP) is 4.04. The number of aliphatic hydroxyl groups is 1. The number of likely N-dealkylation sites (tertiary alicyclic amines) is 1. The molecule has 0 radical (unpaired) electrons. The predicted molar refractivity (Wildman–Crippen MR) is 189 cm³/mol. The van der Waals surface area contributed by atoms with Crippen LogP contribution in [0.4, 0.5) is 10.5 Å². The first-order valence-electron chi connectivity index (χ1n) is 16.7. The van der Waals surface area contributed by atoms with Gasteiger partial charge in [-0.1, -0.05) is 58.0 Å². The molecule has 1 aliphatic rings. The number of fused-ring (bicyclic) bond motifs is 1.